The van der Waals surface area contributed by atoms with Crippen LogP contribution in [0, 0.1) is 0 Å². The number of aromatic nitrogens is 2. The molecule has 0 unspecified atom stereocenters. The minimum Gasteiger partial charge on any atom is -0.352 e. The Balaban J connectivity index is 1.34. The van der Waals surface area contributed by atoms with Crippen LogP contribution in [0.15, 0.2) is 28.8 Å². The number of likely N-dealkylation sites (tertiary alicyclic amines) is 1. The summed E-state index contributed by atoms with van der Waals surface area (Å²) in [5, 5.41) is 6.92. The zero-order valence-corrected chi connectivity index (χ0v) is 16.4. The lowest BCUT2D eigenvalue weighted by Crippen LogP contribution is -2.22. The topological polar surface area (TPSA) is 71.3 Å². The number of carbonyl (C=O) groups is 1. The fraction of sp³-hybridized carbons (Fsp3) is 0.571. The number of hydrogen-bond donors (Lipinski definition) is 1. The third kappa shape index (κ3) is 6.17. The lowest BCUT2D eigenvalue weighted by atomic mass is 10.1. The molecule has 1 fully saturated rings. The Labute approximate surface area is 161 Å². The molecule has 3 rings (SSSR count). The monoisotopic (exact) mass is 370 g/mol. The highest BCUT2D eigenvalue weighted by Gasteiger charge is 2.12. The van der Waals surface area contributed by atoms with Gasteiger partial charge < -0.3 is 9.84 Å². The molecule has 146 valence electrons. The van der Waals surface area contributed by atoms with E-state index in [1.54, 1.807) is 0 Å². The van der Waals surface area contributed by atoms with Gasteiger partial charge in [-0.25, -0.2) is 0 Å². The fourth-order valence-corrected chi connectivity index (χ4v) is 3.25. The molecule has 2 heterocycles. The molecule has 6 heteroatoms. The third-order valence-electron chi connectivity index (χ3n) is 4.91. The first-order valence-corrected chi connectivity index (χ1v) is 9.99. The number of nitrogens with zero attached hydrogens (tertiary/aromatic N) is 3. The molecule has 1 aliphatic rings. The molecule has 6 nitrogen and oxygen atoms in total. The van der Waals surface area contributed by atoms with Gasteiger partial charge in [0.2, 0.25) is 11.8 Å². The Kier molecular flexibility index (Phi) is 6.98. The van der Waals surface area contributed by atoms with Crippen molar-refractivity contribution in [2.24, 2.45) is 0 Å². The van der Waals surface area contributed by atoms with Crippen molar-refractivity contribution in [2.45, 2.75) is 65.0 Å². The largest absolute Gasteiger partial charge is 0.352 e. The fourth-order valence-electron chi connectivity index (χ4n) is 3.25. The summed E-state index contributed by atoms with van der Waals surface area (Å²) in [5.41, 5.74) is 2.47. The predicted molar refractivity (Wildman–Crippen MR) is 104 cm³/mol. The lowest BCUT2D eigenvalue weighted by molar-refractivity contribution is -0.121. The standard InChI is InChI=1S/C21H30N4O2/c1-16(2)21-23-20(27-24-21)7-5-6-19(26)22-14-17-8-10-18(11-9-17)15-25-12-3-4-13-25/h8-11,16H,3-7,12-15H2,1-2H3,(H,22,26). The maximum atomic E-state index is 12.0. The first kappa shape index (κ1) is 19.5. The second-order valence-corrected chi connectivity index (χ2v) is 7.63. The summed E-state index contributed by atoms with van der Waals surface area (Å²) in [6.07, 6.45) is 4.44. The zero-order chi connectivity index (χ0) is 19.1. The first-order valence-electron chi connectivity index (χ1n) is 9.99. The van der Waals surface area contributed by atoms with Gasteiger partial charge in [-0.15, -0.1) is 0 Å². The van der Waals surface area contributed by atoms with Gasteiger partial charge in [-0.05, 0) is 43.5 Å². The summed E-state index contributed by atoms with van der Waals surface area (Å²) in [6.45, 7) is 8.07. The summed E-state index contributed by atoms with van der Waals surface area (Å²) >= 11 is 0. The average Bonchev–Trinajstić information content (AvgIpc) is 3.33. The molecule has 1 aliphatic heterocycles. The van der Waals surface area contributed by atoms with Crippen LogP contribution in [0.1, 0.15) is 68.3 Å². The lowest BCUT2D eigenvalue weighted by Gasteiger charge is -2.14. The Bertz CT molecular complexity index is 718. The van der Waals surface area contributed by atoms with E-state index in [9.17, 15) is 4.79 Å². The summed E-state index contributed by atoms with van der Waals surface area (Å²) in [5.74, 6) is 1.65. The zero-order valence-electron chi connectivity index (χ0n) is 16.4. The van der Waals surface area contributed by atoms with E-state index in [4.69, 9.17) is 4.52 Å². The van der Waals surface area contributed by atoms with E-state index in [1.807, 2.05) is 13.8 Å². The number of hydrogen-bond acceptors (Lipinski definition) is 5. The van der Waals surface area contributed by atoms with E-state index in [0.29, 0.717) is 31.7 Å². The SMILES string of the molecule is CC(C)c1noc(CCCC(=O)NCc2ccc(CN3CCCC3)cc2)n1. The van der Waals surface area contributed by atoms with Crippen LogP contribution in [-0.2, 0) is 24.3 Å². The van der Waals surface area contributed by atoms with Crippen LogP contribution >= 0.6 is 0 Å². The minimum atomic E-state index is 0.0553. The average molecular weight is 370 g/mol. The van der Waals surface area contributed by atoms with E-state index >= 15 is 0 Å². The highest BCUT2D eigenvalue weighted by atomic mass is 16.5. The molecule has 1 saturated heterocycles. The van der Waals surface area contributed by atoms with Gasteiger partial charge in [0.1, 0.15) is 0 Å². The maximum absolute atomic E-state index is 12.0. The van der Waals surface area contributed by atoms with Crippen molar-refractivity contribution in [2.75, 3.05) is 13.1 Å². The van der Waals surface area contributed by atoms with Crippen molar-refractivity contribution in [3.63, 3.8) is 0 Å². The Hall–Kier alpha value is -2.21. The Morgan fingerprint density at radius 2 is 1.89 bits per heavy atom. The van der Waals surface area contributed by atoms with Crippen LogP contribution in [0.25, 0.3) is 0 Å². The van der Waals surface area contributed by atoms with Crippen molar-refractivity contribution in [1.82, 2.24) is 20.4 Å². The van der Waals surface area contributed by atoms with E-state index in [-0.39, 0.29) is 11.8 Å². The molecule has 2 aromatic rings. The van der Waals surface area contributed by atoms with Gasteiger partial charge in [0, 0.05) is 31.8 Å². The molecule has 0 aliphatic carbocycles. The van der Waals surface area contributed by atoms with Crippen molar-refractivity contribution in [3.8, 4) is 0 Å². The van der Waals surface area contributed by atoms with Gasteiger partial charge in [0.05, 0.1) is 0 Å². The summed E-state index contributed by atoms with van der Waals surface area (Å²) < 4.78 is 5.20. The number of aryl methyl sites for hydroxylation is 1. The number of carbonyl (C=O) groups excluding carboxylic acids is 1. The smallest absolute Gasteiger partial charge is 0.226 e. The molecule has 1 aromatic heterocycles. The molecule has 27 heavy (non-hydrogen) atoms. The normalized spacial score (nSPS) is 14.8. The number of amides is 1. The van der Waals surface area contributed by atoms with Crippen molar-refractivity contribution in [1.29, 1.82) is 0 Å². The molecule has 0 spiro atoms. The van der Waals surface area contributed by atoms with Gasteiger partial charge >= 0.3 is 0 Å². The van der Waals surface area contributed by atoms with E-state index in [2.05, 4.69) is 44.6 Å². The van der Waals surface area contributed by atoms with E-state index in [1.165, 1.54) is 31.5 Å². The molecule has 0 atom stereocenters. The molecule has 0 bridgehead atoms. The van der Waals surface area contributed by atoms with Gasteiger partial charge in [-0.3, -0.25) is 9.69 Å². The summed E-state index contributed by atoms with van der Waals surface area (Å²) in [6, 6.07) is 8.55. The van der Waals surface area contributed by atoms with Gasteiger partial charge in [-0.1, -0.05) is 43.3 Å². The highest BCUT2D eigenvalue weighted by molar-refractivity contribution is 5.75. The van der Waals surface area contributed by atoms with Crippen molar-refractivity contribution in [3.05, 3.63) is 47.1 Å². The van der Waals surface area contributed by atoms with E-state index in [0.717, 1.165) is 17.9 Å². The second-order valence-electron chi connectivity index (χ2n) is 7.63. The van der Waals surface area contributed by atoms with Gasteiger partial charge in [0.25, 0.3) is 0 Å². The molecule has 1 N–H and O–H groups in total. The number of nitrogens with one attached hydrogen (secondary N) is 1. The Morgan fingerprint density at radius 3 is 2.56 bits per heavy atom. The van der Waals surface area contributed by atoms with Crippen LogP contribution < -0.4 is 5.32 Å². The quantitative estimate of drug-likeness (QED) is 0.732. The van der Waals surface area contributed by atoms with Crippen LogP contribution in [0.5, 0.6) is 0 Å². The second kappa shape index (κ2) is 9.65. The van der Waals surface area contributed by atoms with Gasteiger partial charge in [0.15, 0.2) is 5.82 Å². The van der Waals surface area contributed by atoms with Crippen LogP contribution in [0.3, 0.4) is 0 Å². The maximum Gasteiger partial charge on any atom is 0.226 e. The number of benzene rings is 1. The molecular weight excluding hydrogens is 340 g/mol. The first-order chi connectivity index (χ1) is 13.1. The molecule has 0 saturated carbocycles. The predicted octanol–water partition coefficient (Wildman–Crippen LogP) is 3.43. The molecule has 1 amide bonds. The van der Waals surface area contributed by atoms with Crippen LogP contribution in [0.4, 0.5) is 0 Å². The highest BCUT2D eigenvalue weighted by Crippen LogP contribution is 2.14. The van der Waals surface area contributed by atoms with Gasteiger partial charge in [-0.2, -0.15) is 4.98 Å². The Morgan fingerprint density at radius 1 is 1.19 bits per heavy atom. The number of rotatable bonds is 9. The van der Waals surface area contributed by atoms with Crippen LogP contribution in [0.2, 0.25) is 0 Å². The van der Waals surface area contributed by atoms with E-state index < -0.39 is 0 Å². The minimum absolute atomic E-state index is 0.0553. The summed E-state index contributed by atoms with van der Waals surface area (Å²) in [4.78, 5) is 18.9. The molecular formula is C21H30N4O2. The molecule has 1 aromatic carbocycles. The van der Waals surface area contributed by atoms with Crippen LogP contribution in [-0.4, -0.2) is 34.0 Å². The van der Waals surface area contributed by atoms with Crippen molar-refractivity contribution < 1.29 is 9.32 Å². The molecule has 0 radical (unpaired) electrons. The summed E-state index contributed by atoms with van der Waals surface area (Å²) in [7, 11) is 0. The van der Waals surface area contributed by atoms with Crippen molar-refractivity contribution >= 4 is 5.91 Å². The third-order valence-corrected chi connectivity index (χ3v) is 4.91.